The van der Waals surface area contributed by atoms with Crippen LogP contribution in [0.5, 0.6) is 5.75 Å². The monoisotopic (exact) mass is 429 g/mol. The average molecular weight is 430 g/mol. The molecule has 0 bridgehead atoms. The maximum Gasteiger partial charge on any atom is 0.348 e. The molecule has 0 amide bonds. The van der Waals surface area contributed by atoms with Gasteiger partial charge >= 0.3 is 5.97 Å². The van der Waals surface area contributed by atoms with Crippen LogP contribution in [-0.4, -0.2) is 32.8 Å². The van der Waals surface area contributed by atoms with Gasteiger partial charge in [0.15, 0.2) is 0 Å². The molecule has 29 heavy (non-hydrogen) atoms. The number of ether oxygens (including phenoxy) is 2. The zero-order valence-corrected chi connectivity index (χ0v) is 17.5. The van der Waals surface area contributed by atoms with Crippen molar-refractivity contribution in [3.63, 3.8) is 0 Å². The number of nitrogens with zero attached hydrogens (tertiary/aromatic N) is 1. The summed E-state index contributed by atoms with van der Waals surface area (Å²) in [5.41, 5.74) is 2.54. The van der Waals surface area contributed by atoms with Gasteiger partial charge in [0.25, 0.3) is 0 Å². The summed E-state index contributed by atoms with van der Waals surface area (Å²) in [6, 6.07) is 15.9. The van der Waals surface area contributed by atoms with E-state index in [1.165, 1.54) is 37.6 Å². The van der Waals surface area contributed by atoms with Crippen molar-refractivity contribution in [3.05, 3.63) is 70.6 Å². The summed E-state index contributed by atoms with van der Waals surface area (Å²) in [5.74, 6) is 0.364. The van der Waals surface area contributed by atoms with E-state index in [9.17, 15) is 13.2 Å². The van der Waals surface area contributed by atoms with Crippen LogP contribution in [0, 0.1) is 0 Å². The summed E-state index contributed by atoms with van der Waals surface area (Å²) in [6.45, 7) is 0.409. The molecule has 3 aromatic rings. The highest BCUT2D eigenvalue weighted by atomic mass is 32.2. The van der Waals surface area contributed by atoms with Gasteiger partial charge in [-0.05, 0) is 35.9 Å². The summed E-state index contributed by atoms with van der Waals surface area (Å²) >= 11 is 1.38. The molecule has 0 aliphatic carbocycles. The van der Waals surface area contributed by atoms with Crippen molar-refractivity contribution < 1.29 is 22.7 Å². The lowest BCUT2D eigenvalue weighted by molar-refractivity contribution is 0.0478. The number of esters is 1. The van der Waals surface area contributed by atoms with Crippen LogP contribution in [0.2, 0.25) is 0 Å². The first-order chi connectivity index (χ1) is 13.9. The molecule has 8 heteroatoms. The first-order valence-corrected chi connectivity index (χ1v) is 11.2. The third-order valence-electron chi connectivity index (χ3n) is 4.57. The highest BCUT2D eigenvalue weighted by Crippen LogP contribution is 2.42. The molecule has 1 aromatic heterocycles. The van der Waals surface area contributed by atoms with Crippen molar-refractivity contribution >= 4 is 27.3 Å². The van der Waals surface area contributed by atoms with Gasteiger partial charge < -0.3 is 9.47 Å². The molecule has 0 spiro atoms. The number of hydrogen-bond donors (Lipinski definition) is 0. The molecule has 0 radical (unpaired) electrons. The van der Waals surface area contributed by atoms with Crippen LogP contribution < -0.4 is 4.74 Å². The first-order valence-electron chi connectivity index (χ1n) is 8.90. The van der Waals surface area contributed by atoms with E-state index >= 15 is 0 Å². The zero-order chi connectivity index (χ0) is 20.6. The molecular weight excluding hydrogens is 410 g/mol. The predicted octanol–water partition coefficient (Wildman–Crippen LogP) is 3.91. The second kappa shape index (κ2) is 7.62. The van der Waals surface area contributed by atoms with Crippen molar-refractivity contribution in [1.82, 2.24) is 4.31 Å². The molecule has 0 atom stereocenters. The van der Waals surface area contributed by atoms with Crippen molar-refractivity contribution in [1.29, 1.82) is 0 Å². The molecule has 0 fully saturated rings. The molecule has 2 heterocycles. The van der Waals surface area contributed by atoms with Gasteiger partial charge in [-0.2, -0.15) is 0 Å². The average Bonchev–Trinajstić information content (AvgIpc) is 3.17. The molecule has 0 N–H and O–H groups in total. The summed E-state index contributed by atoms with van der Waals surface area (Å²) in [6.07, 6.45) is 0. The summed E-state index contributed by atoms with van der Waals surface area (Å²) in [4.78, 5) is 14.2. The largest absolute Gasteiger partial charge is 0.488 e. The van der Waals surface area contributed by atoms with E-state index < -0.39 is 16.0 Å². The maximum absolute atomic E-state index is 12.6. The fraction of sp³-hybridized carbons (Fsp3) is 0.190. The number of fused-ring (bicyclic) bond motifs is 3. The SMILES string of the molecule is CN(C)S(=O)(=O)c1cccc(COC(=O)c2cc3c(s2)-c2ccccc2OC3)c1. The highest BCUT2D eigenvalue weighted by Gasteiger charge is 2.23. The van der Waals surface area contributed by atoms with Gasteiger partial charge in [0.1, 0.15) is 23.8 Å². The van der Waals surface area contributed by atoms with Gasteiger partial charge in [-0.1, -0.05) is 24.3 Å². The fourth-order valence-corrected chi connectivity index (χ4v) is 5.09. The smallest absolute Gasteiger partial charge is 0.348 e. The standard InChI is InChI=1S/C21H19NO5S2/c1-22(2)29(24,25)16-7-5-6-14(10-16)12-27-21(23)19-11-15-13-26-18-9-4-3-8-17(18)20(15)28-19/h3-11H,12-13H2,1-2H3. The quantitative estimate of drug-likeness (QED) is 0.575. The van der Waals surface area contributed by atoms with Crippen molar-refractivity contribution in [2.24, 2.45) is 0 Å². The Morgan fingerprint density at radius 1 is 1.14 bits per heavy atom. The molecule has 0 saturated carbocycles. The van der Waals surface area contributed by atoms with Crippen LogP contribution in [0.25, 0.3) is 10.4 Å². The lowest BCUT2D eigenvalue weighted by atomic mass is 10.1. The van der Waals surface area contributed by atoms with Crippen LogP contribution in [-0.2, 0) is 28.0 Å². The molecule has 150 valence electrons. The molecule has 1 aliphatic rings. The van der Waals surface area contributed by atoms with Crippen LogP contribution in [0.3, 0.4) is 0 Å². The van der Waals surface area contributed by atoms with E-state index in [1.54, 1.807) is 18.2 Å². The van der Waals surface area contributed by atoms with E-state index in [0.29, 0.717) is 17.0 Å². The molecule has 0 saturated heterocycles. The van der Waals surface area contributed by atoms with Crippen LogP contribution in [0.4, 0.5) is 0 Å². The van der Waals surface area contributed by atoms with E-state index in [0.717, 1.165) is 26.1 Å². The number of rotatable bonds is 5. The van der Waals surface area contributed by atoms with Gasteiger partial charge in [0, 0.05) is 30.1 Å². The number of carbonyl (C=O) groups is 1. The van der Waals surface area contributed by atoms with Crippen LogP contribution >= 0.6 is 11.3 Å². The Labute approximate surface area is 173 Å². The van der Waals surface area contributed by atoms with Crippen LogP contribution in [0.1, 0.15) is 20.8 Å². The normalized spacial score (nSPS) is 12.8. The molecule has 6 nitrogen and oxygen atoms in total. The van der Waals surface area contributed by atoms with E-state index in [4.69, 9.17) is 9.47 Å². The number of sulfonamides is 1. The number of carbonyl (C=O) groups excluding carboxylic acids is 1. The lowest BCUT2D eigenvalue weighted by Gasteiger charge is -2.16. The second-order valence-electron chi connectivity index (χ2n) is 6.76. The Morgan fingerprint density at radius 2 is 1.93 bits per heavy atom. The molecule has 4 rings (SSSR count). The molecular formula is C21H19NO5S2. The highest BCUT2D eigenvalue weighted by molar-refractivity contribution is 7.89. The zero-order valence-electron chi connectivity index (χ0n) is 15.9. The van der Waals surface area contributed by atoms with Crippen LogP contribution in [0.15, 0.2) is 59.5 Å². The topological polar surface area (TPSA) is 72.9 Å². The van der Waals surface area contributed by atoms with Gasteiger partial charge in [0.05, 0.1) is 4.90 Å². The maximum atomic E-state index is 12.6. The van der Waals surface area contributed by atoms with Crippen molar-refractivity contribution in [2.45, 2.75) is 18.1 Å². The summed E-state index contributed by atoms with van der Waals surface area (Å²) in [5, 5.41) is 0. The Hall–Kier alpha value is -2.68. The third kappa shape index (κ3) is 3.78. The molecule has 0 unspecified atom stereocenters. The second-order valence-corrected chi connectivity index (χ2v) is 9.96. The van der Waals surface area contributed by atoms with Gasteiger partial charge in [-0.25, -0.2) is 17.5 Å². The minimum Gasteiger partial charge on any atom is -0.488 e. The lowest BCUT2D eigenvalue weighted by Crippen LogP contribution is -2.22. The van der Waals surface area contributed by atoms with Crippen molar-refractivity contribution in [3.8, 4) is 16.2 Å². The van der Waals surface area contributed by atoms with E-state index in [1.807, 2.05) is 24.3 Å². The number of hydrogen-bond acceptors (Lipinski definition) is 6. The molecule has 1 aliphatic heterocycles. The first kappa shape index (κ1) is 19.6. The number of para-hydroxylation sites is 1. The van der Waals surface area contributed by atoms with Gasteiger partial charge in [-0.15, -0.1) is 11.3 Å². The minimum atomic E-state index is -3.54. The predicted molar refractivity (Wildman–Crippen MR) is 111 cm³/mol. The fourth-order valence-electron chi connectivity index (χ4n) is 3.03. The molecule has 2 aromatic carbocycles. The van der Waals surface area contributed by atoms with Gasteiger partial charge in [0.2, 0.25) is 10.0 Å². The Morgan fingerprint density at radius 3 is 2.72 bits per heavy atom. The van der Waals surface area contributed by atoms with E-state index in [-0.39, 0.29) is 11.5 Å². The number of thiophene rings is 1. The minimum absolute atomic E-state index is 0.00866. The Balaban J connectivity index is 1.50. The van der Waals surface area contributed by atoms with Crippen molar-refractivity contribution in [2.75, 3.05) is 14.1 Å². The summed E-state index contributed by atoms with van der Waals surface area (Å²) < 4.78 is 36.8. The van der Waals surface area contributed by atoms with Gasteiger partial charge in [-0.3, -0.25) is 0 Å². The third-order valence-corrected chi connectivity index (χ3v) is 7.57. The summed E-state index contributed by atoms with van der Waals surface area (Å²) in [7, 11) is -0.590. The van der Waals surface area contributed by atoms with E-state index in [2.05, 4.69) is 0 Å². The Kier molecular flexibility index (Phi) is 5.16. The number of benzene rings is 2. The Bertz CT molecular complexity index is 1180.